The standard InChI is InChI=1S/C16H19ClN2O/c1-4-18-10-15-14(17)5-6-16(19-15)20-13-8-11(2)7-12(3)9-13/h5-9,18H,4,10H2,1-3H3. The average molecular weight is 291 g/mol. The molecule has 1 N–H and O–H groups in total. The zero-order valence-corrected chi connectivity index (χ0v) is 12.8. The second kappa shape index (κ2) is 6.73. The number of aromatic nitrogens is 1. The molecule has 2 rings (SSSR count). The number of nitrogens with zero attached hydrogens (tertiary/aromatic N) is 1. The molecule has 3 nitrogen and oxygen atoms in total. The first-order chi connectivity index (χ1) is 9.58. The molecule has 0 aliphatic heterocycles. The van der Waals surface area contributed by atoms with Gasteiger partial charge in [0.2, 0.25) is 5.88 Å². The molecule has 2 aromatic rings. The summed E-state index contributed by atoms with van der Waals surface area (Å²) in [6.07, 6.45) is 0. The molecular formula is C16H19ClN2O. The van der Waals surface area contributed by atoms with Gasteiger partial charge in [0.25, 0.3) is 0 Å². The van der Waals surface area contributed by atoms with Gasteiger partial charge < -0.3 is 10.1 Å². The van der Waals surface area contributed by atoms with E-state index in [1.165, 1.54) is 11.1 Å². The Balaban J connectivity index is 2.20. The van der Waals surface area contributed by atoms with Crippen LogP contribution in [0.4, 0.5) is 0 Å². The van der Waals surface area contributed by atoms with Crippen molar-refractivity contribution >= 4 is 11.6 Å². The molecule has 0 atom stereocenters. The minimum atomic E-state index is 0.562. The van der Waals surface area contributed by atoms with Gasteiger partial charge >= 0.3 is 0 Å². The molecule has 106 valence electrons. The highest BCUT2D eigenvalue weighted by atomic mass is 35.5. The van der Waals surface area contributed by atoms with Gasteiger partial charge in [0.15, 0.2) is 0 Å². The second-order valence-corrected chi connectivity index (χ2v) is 5.19. The Kier molecular flexibility index (Phi) is 4.99. The highest BCUT2D eigenvalue weighted by Crippen LogP contribution is 2.24. The fourth-order valence-corrected chi connectivity index (χ4v) is 2.17. The molecule has 0 aliphatic rings. The van der Waals surface area contributed by atoms with Crippen LogP contribution >= 0.6 is 11.6 Å². The molecule has 0 fully saturated rings. The first-order valence-corrected chi connectivity index (χ1v) is 7.08. The number of hydrogen-bond donors (Lipinski definition) is 1. The highest BCUT2D eigenvalue weighted by molar-refractivity contribution is 6.31. The third kappa shape index (κ3) is 3.95. The van der Waals surface area contributed by atoms with Crippen LogP contribution in [-0.4, -0.2) is 11.5 Å². The number of ether oxygens (including phenoxy) is 1. The van der Waals surface area contributed by atoms with Crippen LogP contribution in [0.15, 0.2) is 30.3 Å². The van der Waals surface area contributed by atoms with Crippen LogP contribution in [0.1, 0.15) is 23.7 Å². The van der Waals surface area contributed by atoms with Gasteiger partial charge in [-0.25, -0.2) is 4.98 Å². The van der Waals surface area contributed by atoms with Crippen LogP contribution in [0.3, 0.4) is 0 Å². The van der Waals surface area contributed by atoms with Crippen LogP contribution in [0.5, 0.6) is 11.6 Å². The molecule has 20 heavy (non-hydrogen) atoms. The van der Waals surface area contributed by atoms with Gasteiger partial charge in [0, 0.05) is 12.6 Å². The van der Waals surface area contributed by atoms with E-state index in [1.807, 2.05) is 39.0 Å². The van der Waals surface area contributed by atoms with Gasteiger partial charge in [-0.05, 0) is 49.7 Å². The minimum absolute atomic E-state index is 0.562. The number of hydrogen-bond acceptors (Lipinski definition) is 3. The van der Waals surface area contributed by atoms with Crippen molar-refractivity contribution in [3.8, 4) is 11.6 Å². The van der Waals surface area contributed by atoms with E-state index in [4.69, 9.17) is 16.3 Å². The first-order valence-electron chi connectivity index (χ1n) is 6.70. The Morgan fingerprint density at radius 2 is 1.85 bits per heavy atom. The predicted molar refractivity (Wildman–Crippen MR) is 82.6 cm³/mol. The Hall–Kier alpha value is -1.58. The summed E-state index contributed by atoms with van der Waals surface area (Å²) >= 11 is 6.13. The number of aryl methyl sites for hydroxylation is 2. The number of halogens is 1. The van der Waals surface area contributed by atoms with E-state index >= 15 is 0 Å². The van der Waals surface area contributed by atoms with Crippen molar-refractivity contribution in [3.05, 3.63) is 52.2 Å². The molecule has 0 radical (unpaired) electrons. The lowest BCUT2D eigenvalue weighted by Crippen LogP contribution is -2.13. The topological polar surface area (TPSA) is 34.2 Å². The SMILES string of the molecule is CCNCc1nc(Oc2cc(C)cc(C)c2)ccc1Cl. The van der Waals surface area contributed by atoms with Crippen LogP contribution in [0.2, 0.25) is 5.02 Å². The summed E-state index contributed by atoms with van der Waals surface area (Å²) in [7, 11) is 0. The average Bonchev–Trinajstić information content (AvgIpc) is 2.38. The summed E-state index contributed by atoms with van der Waals surface area (Å²) in [5.41, 5.74) is 3.14. The summed E-state index contributed by atoms with van der Waals surface area (Å²) < 4.78 is 5.82. The Bertz CT molecular complexity index is 579. The van der Waals surface area contributed by atoms with Crippen molar-refractivity contribution in [2.24, 2.45) is 0 Å². The molecule has 0 saturated heterocycles. The minimum Gasteiger partial charge on any atom is -0.439 e. The van der Waals surface area contributed by atoms with Gasteiger partial charge in [-0.1, -0.05) is 24.6 Å². The molecule has 0 unspecified atom stereocenters. The van der Waals surface area contributed by atoms with Gasteiger partial charge in [0.05, 0.1) is 10.7 Å². The molecule has 0 amide bonds. The summed E-state index contributed by atoms with van der Waals surface area (Å²) in [6, 6.07) is 9.70. The Morgan fingerprint density at radius 1 is 1.15 bits per heavy atom. The van der Waals surface area contributed by atoms with E-state index in [2.05, 4.69) is 16.4 Å². The Morgan fingerprint density at radius 3 is 2.50 bits per heavy atom. The maximum absolute atomic E-state index is 6.13. The van der Waals surface area contributed by atoms with Crippen molar-refractivity contribution in [1.82, 2.24) is 10.3 Å². The zero-order valence-electron chi connectivity index (χ0n) is 12.0. The van der Waals surface area contributed by atoms with Crippen LogP contribution in [-0.2, 0) is 6.54 Å². The first kappa shape index (κ1) is 14.8. The summed E-state index contributed by atoms with van der Waals surface area (Å²) in [5.74, 6) is 1.36. The van der Waals surface area contributed by atoms with Gasteiger partial charge in [-0.2, -0.15) is 0 Å². The molecular weight excluding hydrogens is 272 g/mol. The van der Waals surface area contributed by atoms with Gasteiger partial charge in [0.1, 0.15) is 5.75 Å². The number of benzene rings is 1. The fourth-order valence-electron chi connectivity index (χ4n) is 2.00. The van der Waals surface area contributed by atoms with E-state index in [9.17, 15) is 0 Å². The maximum Gasteiger partial charge on any atom is 0.219 e. The largest absolute Gasteiger partial charge is 0.439 e. The highest BCUT2D eigenvalue weighted by Gasteiger charge is 2.06. The van der Waals surface area contributed by atoms with Gasteiger partial charge in [-0.3, -0.25) is 0 Å². The molecule has 0 bridgehead atoms. The third-order valence-corrected chi connectivity index (χ3v) is 3.20. The smallest absolute Gasteiger partial charge is 0.219 e. The molecule has 0 spiro atoms. The van der Waals surface area contributed by atoms with E-state index in [0.717, 1.165) is 18.0 Å². The van der Waals surface area contributed by atoms with Gasteiger partial charge in [-0.15, -0.1) is 0 Å². The molecule has 4 heteroatoms. The van der Waals surface area contributed by atoms with Crippen molar-refractivity contribution in [3.63, 3.8) is 0 Å². The normalized spacial score (nSPS) is 10.6. The van der Waals surface area contributed by atoms with Crippen LogP contribution in [0, 0.1) is 13.8 Å². The second-order valence-electron chi connectivity index (χ2n) is 4.78. The monoisotopic (exact) mass is 290 g/mol. The maximum atomic E-state index is 6.13. The number of rotatable bonds is 5. The van der Waals surface area contributed by atoms with Crippen LogP contribution in [0.25, 0.3) is 0 Å². The quantitative estimate of drug-likeness (QED) is 0.894. The summed E-state index contributed by atoms with van der Waals surface area (Å²) in [6.45, 7) is 7.65. The lowest BCUT2D eigenvalue weighted by molar-refractivity contribution is 0.459. The van der Waals surface area contributed by atoms with E-state index < -0.39 is 0 Å². The summed E-state index contributed by atoms with van der Waals surface area (Å²) in [4.78, 5) is 4.45. The lowest BCUT2D eigenvalue weighted by atomic mass is 10.1. The molecule has 1 aromatic carbocycles. The Labute approximate surface area is 124 Å². The van der Waals surface area contributed by atoms with Crippen molar-refractivity contribution in [2.45, 2.75) is 27.3 Å². The van der Waals surface area contributed by atoms with Crippen molar-refractivity contribution in [1.29, 1.82) is 0 Å². The predicted octanol–water partition coefficient (Wildman–Crippen LogP) is 4.25. The third-order valence-electron chi connectivity index (χ3n) is 2.85. The molecule has 0 saturated carbocycles. The van der Waals surface area contributed by atoms with Crippen molar-refractivity contribution < 1.29 is 4.74 Å². The van der Waals surface area contributed by atoms with Crippen molar-refractivity contribution in [2.75, 3.05) is 6.54 Å². The number of pyridine rings is 1. The van der Waals surface area contributed by atoms with E-state index in [-0.39, 0.29) is 0 Å². The van der Waals surface area contributed by atoms with E-state index in [1.54, 1.807) is 6.07 Å². The zero-order chi connectivity index (χ0) is 14.5. The van der Waals surface area contributed by atoms with E-state index in [0.29, 0.717) is 17.4 Å². The lowest BCUT2D eigenvalue weighted by Gasteiger charge is -2.10. The molecule has 1 heterocycles. The van der Waals surface area contributed by atoms with Crippen LogP contribution < -0.4 is 10.1 Å². The molecule has 1 aromatic heterocycles. The molecule has 0 aliphatic carbocycles. The number of nitrogens with one attached hydrogen (secondary N) is 1. The summed E-state index contributed by atoms with van der Waals surface area (Å²) in [5, 5.41) is 3.86. The fraction of sp³-hybridized carbons (Fsp3) is 0.312.